The lowest BCUT2D eigenvalue weighted by molar-refractivity contribution is 0.446. The fourth-order valence-corrected chi connectivity index (χ4v) is 5.14. The van der Waals surface area contributed by atoms with E-state index in [4.69, 9.17) is 16.0 Å². The van der Waals surface area contributed by atoms with Crippen LogP contribution in [0, 0.1) is 12.7 Å². The molecule has 10 heteroatoms. The van der Waals surface area contributed by atoms with Gasteiger partial charge in [-0.15, -0.1) is 0 Å². The van der Waals surface area contributed by atoms with Crippen molar-refractivity contribution < 1.29 is 13.9 Å². The number of hydrogen-bond acceptors (Lipinski definition) is 6. The molecule has 1 N–H and O–H groups in total. The molecule has 0 saturated heterocycles. The zero-order valence-electron chi connectivity index (χ0n) is 18.0. The first-order valence-corrected chi connectivity index (χ1v) is 11.4. The second kappa shape index (κ2) is 8.34. The first kappa shape index (κ1) is 22.2. The molecule has 0 aliphatic heterocycles. The molecule has 3 aromatic heterocycles. The average molecular weight is 498 g/mol. The lowest BCUT2D eigenvalue weighted by Crippen LogP contribution is -2.24. The molecule has 5 aromatic rings. The number of benzene rings is 2. The highest BCUT2D eigenvalue weighted by Crippen LogP contribution is 2.38. The predicted molar refractivity (Wildman–Crippen MR) is 128 cm³/mol. The van der Waals surface area contributed by atoms with E-state index in [1.807, 2.05) is 0 Å². The van der Waals surface area contributed by atoms with Crippen LogP contribution in [0.3, 0.4) is 0 Å². The van der Waals surface area contributed by atoms with Gasteiger partial charge in [0, 0.05) is 17.0 Å². The van der Waals surface area contributed by atoms with Crippen LogP contribution in [-0.2, 0) is 13.6 Å². The molecule has 172 valence electrons. The normalized spacial score (nSPS) is 11.5. The fourth-order valence-electron chi connectivity index (χ4n) is 3.99. The van der Waals surface area contributed by atoms with E-state index in [0.717, 1.165) is 11.8 Å². The Hall–Kier alpha value is -3.56. The molecule has 0 bridgehead atoms. The molecule has 0 aliphatic carbocycles. The maximum Gasteiger partial charge on any atom is 0.354 e. The fraction of sp³-hybridized carbons (Fsp3) is 0.125. The lowest BCUT2D eigenvalue weighted by Gasteiger charge is -2.13. The van der Waals surface area contributed by atoms with Crippen molar-refractivity contribution in [3.8, 4) is 5.75 Å². The minimum atomic E-state index is -0.782. The SMILES string of the molecule is Cc1nn(C)c2c1c1oc(=O)c(Sc3cccc(Cl)c3)c(O)c1c(=O)n2Cc1ccc(F)cc1. The molecule has 0 radical (unpaired) electrons. The summed E-state index contributed by atoms with van der Waals surface area (Å²) in [6.45, 7) is 1.82. The van der Waals surface area contributed by atoms with Crippen molar-refractivity contribution in [2.75, 3.05) is 0 Å². The molecule has 0 spiro atoms. The van der Waals surface area contributed by atoms with E-state index in [1.54, 1.807) is 50.4 Å². The molecule has 0 unspecified atom stereocenters. The van der Waals surface area contributed by atoms with Crippen LogP contribution in [0.4, 0.5) is 4.39 Å². The summed E-state index contributed by atoms with van der Waals surface area (Å²) in [7, 11) is 1.67. The quantitative estimate of drug-likeness (QED) is 0.382. The Morgan fingerprint density at radius 3 is 2.59 bits per heavy atom. The van der Waals surface area contributed by atoms with Gasteiger partial charge in [-0.25, -0.2) is 9.18 Å². The molecule has 0 saturated carbocycles. The molecule has 34 heavy (non-hydrogen) atoms. The summed E-state index contributed by atoms with van der Waals surface area (Å²) in [6, 6.07) is 12.5. The largest absolute Gasteiger partial charge is 0.505 e. The Labute approximate surface area is 201 Å². The highest BCUT2D eigenvalue weighted by Gasteiger charge is 2.25. The van der Waals surface area contributed by atoms with Gasteiger partial charge in [0.15, 0.2) is 11.3 Å². The topological polar surface area (TPSA) is 90.3 Å². The van der Waals surface area contributed by atoms with Crippen LogP contribution in [0.25, 0.3) is 22.0 Å². The Balaban J connectivity index is 1.81. The molecule has 3 heterocycles. The van der Waals surface area contributed by atoms with Gasteiger partial charge in [-0.3, -0.25) is 14.0 Å². The van der Waals surface area contributed by atoms with Gasteiger partial charge in [0.05, 0.1) is 17.6 Å². The number of aryl methyl sites for hydroxylation is 2. The van der Waals surface area contributed by atoms with Gasteiger partial charge in [-0.05, 0) is 42.8 Å². The highest BCUT2D eigenvalue weighted by molar-refractivity contribution is 7.99. The zero-order chi connectivity index (χ0) is 24.1. The van der Waals surface area contributed by atoms with Crippen molar-refractivity contribution in [1.29, 1.82) is 0 Å². The summed E-state index contributed by atoms with van der Waals surface area (Å²) >= 11 is 6.99. The van der Waals surface area contributed by atoms with Crippen molar-refractivity contribution >= 4 is 45.4 Å². The second-order valence-electron chi connectivity index (χ2n) is 7.76. The number of rotatable bonds is 4. The van der Waals surface area contributed by atoms with Gasteiger partial charge < -0.3 is 9.52 Å². The Morgan fingerprint density at radius 1 is 1.15 bits per heavy atom. The smallest absolute Gasteiger partial charge is 0.354 e. The Bertz CT molecular complexity index is 1710. The van der Waals surface area contributed by atoms with Gasteiger partial charge in [-0.1, -0.05) is 41.6 Å². The van der Waals surface area contributed by atoms with Crippen LogP contribution < -0.4 is 11.2 Å². The van der Waals surface area contributed by atoms with Gasteiger partial charge in [0.2, 0.25) is 0 Å². The van der Waals surface area contributed by atoms with E-state index < -0.39 is 22.8 Å². The minimum absolute atomic E-state index is 0.0288. The van der Waals surface area contributed by atoms with Gasteiger partial charge in [0.1, 0.15) is 21.7 Å². The van der Waals surface area contributed by atoms with Crippen molar-refractivity contribution in [3.05, 3.63) is 91.4 Å². The number of fused-ring (bicyclic) bond motifs is 3. The molecule has 0 fully saturated rings. The van der Waals surface area contributed by atoms with Crippen molar-refractivity contribution in [2.45, 2.75) is 23.3 Å². The van der Waals surface area contributed by atoms with Crippen LogP contribution in [-0.4, -0.2) is 19.5 Å². The van der Waals surface area contributed by atoms with Crippen molar-refractivity contribution in [3.63, 3.8) is 0 Å². The Kier molecular flexibility index (Phi) is 5.45. The summed E-state index contributed by atoms with van der Waals surface area (Å²) in [4.78, 5) is 27.0. The highest BCUT2D eigenvalue weighted by atomic mass is 35.5. The monoisotopic (exact) mass is 497 g/mol. The number of nitrogens with zero attached hydrogens (tertiary/aromatic N) is 3. The molecule has 0 atom stereocenters. The molecule has 0 amide bonds. The lowest BCUT2D eigenvalue weighted by atomic mass is 10.1. The summed E-state index contributed by atoms with van der Waals surface area (Å²) in [6.07, 6.45) is 0. The maximum atomic E-state index is 13.7. The third-order valence-corrected chi connectivity index (χ3v) is 6.75. The number of halogens is 2. The first-order valence-electron chi connectivity index (χ1n) is 10.2. The summed E-state index contributed by atoms with van der Waals surface area (Å²) < 4.78 is 21.9. The van der Waals surface area contributed by atoms with E-state index in [9.17, 15) is 19.1 Å². The van der Waals surface area contributed by atoms with Crippen LogP contribution in [0.5, 0.6) is 5.75 Å². The molecular formula is C24H17ClFN3O4S. The van der Waals surface area contributed by atoms with Crippen molar-refractivity contribution in [2.24, 2.45) is 7.05 Å². The molecular weight excluding hydrogens is 481 g/mol. The second-order valence-corrected chi connectivity index (χ2v) is 9.28. The Morgan fingerprint density at radius 2 is 1.88 bits per heavy atom. The minimum Gasteiger partial charge on any atom is -0.505 e. The first-order chi connectivity index (χ1) is 16.2. The van der Waals surface area contributed by atoms with E-state index >= 15 is 0 Å². The number of aromatic nitrogens is 3. The third kappa shape index (κ3) is 3.66. The molecule has 7 nitrogen and oxygen atoms in total. The van der Waals surface area contributed by atoms with Crippen LogP contribution in [0.1, 0.15) is 11.3 Å². The summed E-state index contributed by atoms with van der Waals surface area (Å²) in [5, 5.41) is 16.3. The number of pyridine rings is 1. The number of aromatic hydroxyl groups is 1. The van der Waals surface area contributed by atoms with Crippen LogP contribution >= 0.6 is 23.4 Å². The number of hydrogen-bond donors (Lipinski definition) is 1. The molecule has 0 aliphatic rings. The summed E-state index contributed by atoms with van der Waals surface area (Å²) in [5.41, 5.74) is 0.233. The average Bonchev–Trinajstić information content (AvgIpc) is 3.09. The maximum absolute atomic E-state index is 13.7. The van der Waals surface area contributed by atoms with E-state index in [2.05, 4.69) is 5.10 Å². The van der Waals surface area contributed by atoms with Gasteiger partial charge in [-0.2, -0.15) is 5.10 Å². The van der Waals surface area contributed by atoms with E-state index in [-0.39, 0.29) is 22.4 Å². The third-order valence-electron chi connectivity index (χ3n) is 5.46. The predicted octanol–water partition coefficient (Wildman–Crippen LogP) is 4.85. The zero-order valence-corrected chi connectivity index (χ0v) is 19.6. The standard InChI is InChI=1S/C24H17ClFN3O4S/c1-12-17-20-18(19(30)21(24(32)33-20)34-16-5-3-4-14(25)10-16)23(31)29(22(17)28(2)27-12)11-13-6-8-15(26)9-7-13/h3-10,30H,11H2,1-2H3. The van der Waals surface area contributed by atoms with Gasteiger partial charge in [0.25, 0.3) is 5.56 Å². The summed E-state index contributed by atoms with van der Waals surface area (Å²) in [5.74, 6) is -0.863. The van der Waals surface area contributed by atoms with E-state index in [0.29, 0.717) is 32.2 Å². The molecule has 5 rings (SSSR count). The molecule has 2 aromatic carbocycles. The van der Waals surface area contributed by atoms with Crippen LogP contribution in [0.15, 0.2) is 72.3 Å². The van der Waals surface area contributed by atoms with Crippen LogP contribution in [0.2, 0.25) is 5.02 Å². The van der Waals surface area contributed by atoms with E-state index in [1.165, 1.54) is 21.4 Å². The van der Waals surface area contributed by atoms with Gasteiger partial charge >= 0.3 is 5.63 Å². The van der Waals surface area contributed by atoms with Crippen molar-refractivity contribution in [1.82, 2.24) is 14.3 Å².